The topological polar surface area (TPSA) is 58.5 Å². The summed E-state index contributed by atoms with van der Waals surface area (Å²) < 4.78 is 0. The molecular formula is C14H28Cl4N4. The molecule has 8 heteroatoms. The van der Waals surface area contributed by atoms with Gasteiger partial charge in [-0.2, -0.15) is 0 Å². The molecular weight excluding hydrogens is 366 g/mol. The Morgan fingerprint density at radius 2 is 1.55 bits per heavy atom. The van der Waals surface area contributed by atoms with E-state index in [0.29, 0.717) is 0 Å². The van der Waals surface area contributed by atoms with E-state index in [1.165, 1.54) is 31.7 Å². The van der Waals surface area contributed by atoms with Crippen LogP contribution in [0.2, 0.25) is 0 Å². The summed E-state index contributed by atoms with van der Waals surface area (Å²) in [5, 5.41) is 0. The standard InChI is InChI=1S/C14H24N4.4ClH/c1-17-7-9-18(10-8-17)6-2-3-12-11-13(15)4-5-14(12)16;;;;/h4-5,11H,2-3,6-10,15-16H2,1H3;4*1H. The van der Waals surface area contributed by atoms with Gasteiger partial charge in [0.2, 0.25) is 0 Å². The highest BCUT2D eigenvalue weighted by Crippen LogP contribution is 2.17. The second-order valence-electron chi connectivity index (χ2n) is 5.21. The highest BCUT2D eigenvalue weighted by molar-refractivity contribution is 5.86. The molecule has 22 heavy (non-hydrogen) atoms. The Morgan fingerprint density at radius 1 is 0.955 bits per heavy atom. The third kappa shape index (κ3) is 8.51. The van der Waals surface area contributed by atoms with Crippen LogP contribution in [0.4, 0.5) is 11.4 Å². The molecule has 4 nitrogen and oxygen atoms in total. The van der Waals surface area contributed by atoms with E-state index in [1.807, 2.05) is 18.2 Å². The fourth-order valence-corrected chi connectivity index (χ4v) is 2.41. The molecule has 0 saturated carbocycles. The van der Waals surface area contributed by atoms with Crippen molar-refractivity contribution in [1.82, 2.24) is 9.80 Å². The van der Waals surface area contributed by atoms with Crippen LogP contribution in [0, 0.1) is 0 Å². The van der Waals surface area contributed by atoms with Crippen LogP contribution in [-0.2, 0) is 6.42 Å². The Kier molecular flexibility index (Phi) is 16.2. The number of nitrogen functional groups attached to an aromatic ring is 2. The Labute approximate surface area is 158 Å². The normalized spacial score (nSPS) is 14.8. The molecule has 1 saturated heterocycles. The van der Waals surface area contributed by atoms with Gasteiger partial charge in [-0.3, -0.25) is 0 Å². The largest absolute Gasteiger partial charge is 0.399 e. The number of benzene rings is 1. The Hall–Kier alpha value is -0.100. The zero-order valence-electron chi connectivity index (χ0n) is 12.9. The van der Waals surface area contributed by atoms with Crippen LogP contribution >= 0.6 is 49.6 Å². The quantitative estimate of drug-likeness (QED) is 0.772. The second kappa shape index (κ2) is 13.3. The maximum Gasteiger partial charge on any atom is 0.0348 e. The number of piperazine rings is 1. The lowest BCUT2D eigenvalue weighted by atomic mass is 10.1. The van der Waals surface area contributed by atoms with Gasteiger partial charge in [-0.1, -0.05) is 0 Å². The highest BCUT2D eigenvalue weighted by Gasteiger charge is 2.13. The van der Waals surface area contributed by atoms with Crippen molar-refractivity contribution in [1.29, 1.82) is 0 Å². The molecule has 2 rings (SSSR count). The first kappa shape index (κ1) is 26.8. The first-order chi connectivity index (χ1) is 8.65. The summed E-state index contributed by atoms with van der Waals surface area (Å²) in [4.78, 5) is 4.91. The van der Waals surface area contributed by atoms with Crippen LogP contribution in [0.15, 0.2) is 18.2 Å². The van der Waals surface area contributed by atoms with Crippen molar-refractivity contribution in [3.05, 3.63) is 23.8 Å². The number of nitrogens with zero attached hydrogens (tertiary/aromatic N) is 2. The predicted octanol–water partition coefficient (Wildman–Crippen LogP) is 2.72. The number of hydrogen-bond donors (Lipinski definition) is 2. The molecule has 1 heterocycles. The minimum absolute atomic E-state index is 0. The summed E-state index contributed by atoms with van der Waals surface area (Å²) >= 11 is 0. The molecule has 0 unspecified atom stereocenters. The molecule has 132 valence electrons. The fraction of sp³-hybridized carbons (Fsp3) is 0.571. The number of hydrogen-bond acceptors (Lipinski definition) is 4. The van der Waals surface area contributed by atoms with Gasteiger partial charge in [0, 0.05) is 37.6 Å². The lowest BCUT2D eigenvalue weighted by Gasteiger charge is -2.32. The number of aryl methyl sites for hydroxylation is 1. The molecule has 1 aromatic carbocycles. The van der Waals surface area contributed by atoms with E-state index >= 15 is 0 Å². The van der Waals surface area contributed by atoms with E-state index in [2.05, 4.69) is 16.8 Å². The van der Waals surface area contributed by atoms with Gasteiger partial charge in [-0.05, 0) is 50.2 Å². The minimum Gasteiger partial charge on any atom is -0.399 e. The molecule has 0 aromatic heterocycles. The van der Waals surface area contributed by atoms with Crippen molar-refractivity contribution >= 4 is 61.0 Å². The van der Waals surface area contributed by atoms with Gasteiger partial charge < -0.3 is 21.3 Å². The van der Waals surface area contributed by atoms with E-state index in [9.17, 15) is 0 Å². The molecule has 0 amide bonds. The zero-order chi connectivity index (χ0) is 13.0. The van der Waals surface area contributed by atoms with E-state index in [4.69, 9.17) is 11.5 Å². The fourth-order valence-electron chi connectivity index (χ4n) is 2.41. The molecule has 0 spiro atoms. The average Bonchev–Trinajstić information content (AvgIpc) is 2.36. The summed E-state index contributed by atoms with van der Waals surface area (Å²) in [6.45, 7) is 5.88. The molecule has 1 aliphatic heterocycles. The van der Waals surface area contributed by atoms with Gasteiger partial charge in [0.05, 0.1) is 0 Å². The molecule has 0 bridgehead atoms. The average molecular weight is 394 g/mol. The van der Waals surface area contributed by atoms with Gasteiger partial charge in [0.1, 0.15) is 0 Å². The summed E-state index contributed by atoms with van der Waals surface area (Å²) in [7, 11) is 2.19. The van der Waals surface area contributed by atoms with Crippen molar-refractivity contribution in [2.45, 2.75) is 12.8 Å². The van der Waals surface area contributed by atoms with Crippen molar-refractivity contribution in [2.75, 3.05) is 51.2 Å². The summed E-state index contributed by atoms with van der Waals surface area (Å²) in [6, 6.07) is 5.76. The Morgan fingerprint density at radius 3 is 2.14 bits per heavy atom. The lowest BCUT2D eigenvalue weighted by Crippen LogP contribution is -2.44. The number of rotatable bonds is 4. The minimum atomic E-state index is 0. The molecule has 1 aliphatic rings. The number of anilines is 2. The SMILES string of the molecule is CN1CCN(CCCc2cc(N)ccc2N)CC1.Cl.Cl.Cl.Cl. The van der Waals surface area contributed by atoms with Crippen molar-refractivity contribution in [2.24, 2.45) is 0 Å². The van der Waals surface area contributed by atoms with E-state index in [1.54, 1.807) is 0 Å². The Bertz CT molecular complexity index is 398. The lowest BCUT2D eigenvalue weighted by molar-refractivity contribution is 0.153. The monoisotopic (exact) mass is 392 g/mol. The van der Waals surface area contributed by atoms with Crippen LogP contribution < -0.4 is 11.5 Å². The smallest absolute Gasteiger partial charge is 0.0348 e. The highest BCUT2D eigenvalue weighted by atomic mass is 35.5. The third-order valence-corrected chi connectivity index (χ3v) is 3.68. The van der Waals surface area contributed by atoms with Crippen LogP contribution in [0.1, 0.15) is 12.0 Å². The molecule has 0 atom stereocenters. The van der Waals surface area contributed by atoms with Gasteiger partial charge in [0.15, 0.2) is 0 Å². The first-order valence-electron chi connectivity index (χ1n) is 6.70. The second-order valence-corrected chi connectivity index (χ2v) is 5.21. The predicted molar refractivity (Wildman–Crippen MR) is 107 cm³/mol. The maximum absolute atomic E-state index is 5.95. The third-order valence-electron chi connectivity index (χ3n) is 3.68. The summed E-state index contributed by atoms with van der Waals surface area (Å²) in [5.74, 6) is 0. The number of nitrogens with two attached hydrogens (primary N) is 2. The summed E-state index contributed by atoms with van der Waals surface area (Å²) in [5.41, 5.74) is 14.6. The molecule has 0 radical (unpaired) electrons. The van der Waals surface area contributed by atoms with Crippen LogP contribution in [0.5, 0.6) is 0 Å². The van der Waals surface area contributed by atoms with Gasteiger partial charge in [-0.25, -0.2) is 0 Å². The van der Waals surface area contributed by atoms with Crippen LogP contribution in [0.25, 0.3) is 0 Å². The van der Waals surface area contributed by atoms with Gasteiger partial charge >= 0.3 is 0 Å². The zero-order valence-corrected chi connectivity index (χ0v) is 16.1. The van der Waals surface area contributed by atoms with Gasteiger partial charge in [-0.15, -0.1) is 49.6 Å². The van der Waals surface area contributed by atoms with Gasteiger partial charge in [0.25, 0.3) is 0 Å². The number of halogens is 4. The summed E-state index contributed by atoms with van der Waals surface area (Å²) in [6.07, 6.45) is 2.17. The van der Waals surface area contributed by atoms with Crippen molar-refractivity contribution < 1.29 is 0 Å². The van der Waals surface area contributed by atoms with E-state index in [-0.39, 0.29) is 49.6 Å². The Balaban J connectivity index is -0.000000902. The molecule has 1 aromatic rings. The molecule has 4 N–H and O–H groups in total. The van der Waals surface area contributed by atoms with Crippen molar-refractivity contribution in [3.8, 4) is 0 Å². The number of likely N-dealkylation sites (N-methyl/N-ethyl adjacent to an activating group) is 1. The van der Waals surface area contributed by atoms with Crippen LogP contribution in [-0.4, -0.2) is 49.6 Å². The molecule has 1 fully saturated rings. The van der Waals surface area contributed by atoms with E-state index in [0.717, 1.165) is 30.8 Å². The first-order valence-corrected chi connectivity index (χ1v) is 6.70. The van der Waals surface area contributed by atoms with Crippen molar-refractivity contribution in [3.63, 3.8) is 0 Å². The van der Waals surface area contributed by atoms with Crippen LogP contribution in [0.3, 0.4) is 0 Å². The molecule has 0 aliphatic carbocycles. The maximum atomic E-state index is 5.95. The van der Waals surface area contributed by atoms with E-state index < -0.39 is 0 Å².